The molecular weight excluding hydrogens is 376 g/mol. The van der Waals surface area contributed by atoms with Crippen LogP contribution in [-0.4, -0.2) is 36.3 Å². The molecule has 0 unspecified atom stereocenters. The zero-order valence-electron chi connectivity index (χ0n) is 16.5. The second-order valence-electron chi connectivity index (χ2n) is 6.81. The van der Waals surface area contributed by atoms with Crippen molar-refractivity contribution in [3.8, 4) is 34.4 Å². The van der Waals surface area contributed by atoms with Gasteiger partial charge in [0.05, 0.1) is 42.5 Å². The number of nitrogens with zero attached hydrogens (tertiary/aromatic N) is 6. The van der Waals surface area contributed by atoms with Gasteiger partial charge in [-0.2, -0.15) is 15.3 Å². The fourth-order valence-corrected chi connectivity index (χ4v) is 3.31. The van der Waals surface area contributed by atoms with E-state index in [9.17, 15) is 0 Å². The molecule has 146 valence electrons. The molecule has 0 spiro atoms. The number of aryl methyl sites for hydroxylation is 1. The summed E-state index contributed by atoms with van der Waals surface area (Å²) in [4.78, 5) is 0. The fraction of sp³-hybridized carbons (Fsp3) is 0.0870. The number of aromatic nitrogens is 6. The highest BCUT2D eigenvalue weighted by molar-refractivity contribution is 5.75. The summed E-state index contributed by atoms with van der Waals surface area (Å²) in [6, 6.07) is 11.9. The number of fused-ring (bicyclic) bond motifs is 1. The molecule has 0 amide bonds. The van der Waals surface area contributed by atoms with E-state index in [1.807, 2.05) is 68.2 Å². The second kappa shape index (κ2) is 7.26. The van der Waals surface area contributed by atoms with Crippen molar-refractivity contribution in [2.24, 2.45) is 7.05 Å². The normalized spacial score (nSPS) is 10.7. The van der Waals surface area contributed by atoms with Gasteiger partial charge in [0, 0.05) is 36.8 Å². The van der Waals surface area contributed by atoms with Gasteiger partial charge < -0.3 is 4.74 Å². The molecule has 0 bridgehead atoms. The topological polar surface area (TPSA) is 62.2 Å². The SMILES string of the molecule is COc1cc(-c2cnn(C)c2)cn2ncc(C#Cc3cnn(-c4ccccc4)c3)c12. The van der Waals surface area contributed by atoms with E-state index in [1.54, 1.807) is 33.4 Å². The molecule has 30 heavy (non-hydrogen) atoms. The fourth-order valence-electron chi connectivity index (χ4n) is 3.31. The summed E-state index contributed by atoms with van der Waals surface area (Å²) in [5.74, 6) is 7.09. The van der Waals surface area contributed by atoms with Crippen molar-refractivity contribution in [3.05, 3.63) is 84.7 Å². The van der Waals surface area contributed by atoms with Crippen LogP contribution in [0.15, 0.2) is 73.6 Å². The first-order valence-corrected chi connectivity index (χ1v) is 9.38. The highest BCUT2D eigenvalue weighted by atomic mass is 16.5. The first-order chi connectivity index (χ1) is 14.7. The molecule has 0 aliphatic rings. The molecule has 5 aromatic rings. The summed E-state index contributed by atoms with van der Waals surface area (Å²) in [7, 11) is 3.54. The first kappa shape index (κ1) is 17.8. The molecule has 0 radical (unpaired) electrons. The van der Waals surface area contributed by atoms with Crippen LogP contribution >= 0.6 is 0 Å². The number of ether oxygens (including phenoxy) is 1. The minimum atomic E-state index is 0.707. The number of hydrogen-bond acceptors (Lipinski definition) is 4. The smallest absolute Gasteiger partial charge is 0.146 e. The lowest BCUT2D eigenvalue weighted by atomic mass is 10.1. The van der Waals surface area contributed by atoms with Crippen molar-refractivity contribution in [3.63, 3.8) is 0 Å². The van der Waals surface area contributed by atoms with E-state index in [0.29, 0.717) is 5.75 Å². The lowest BCUT2D eigenvalue weighted by molar-refractivity contribution is 0.417. The molecule has 4 aromatic heterocycles. The maximum Gasteiger partial charge on any atom is 0.146 e. The molecule has 7 heteroatoms. The van der Waals surface area contributed by atoms with E-state index in [4.69, 9.17) is 4.74 Å². The number of para-hydroxylation sites is 1. The van der Waals surface area contributed by atoms with Crippen LogP contribution in [0.5, 0.6) is 5.75 Å². The molecular formula is C23H18N6O. The highest BCUT2D eigenvalue weighted by Crippen LogP contribution is 2.29. The third-order valence-electron chi connectivity index (χ3n) is 4.78. The first-order valence-electron chi connectivity index (χ1n) is 9.38. The number of hydrogen-bond donors (Lipinski definition) is 0. The van der Waals surface area contributed by atoms with E-state index in [-0.39, 0.29) is 0 Å². The van der Waals surface area contributed by atoms with Gasteiger partial charge in [0.2, 0.25) is 0 Å². The number of pyridine rings is 1. The van der Waals surface area contributed by atoms with E-state index < -0.39 is 0 Å². The molecule has 0 saturated carbocycles. The number of rotatable bonds is 3. The predicted molar refractivity (Wildman–Crippen MR) is 113 cm³/mol. The van der Waals surface area contributed by atoms with E-state index in [2.05, 4.69) is 27.1 Å². The standard InChI is InChI=1S/C23H18N6O/c1-27-15-20(13-24-27)19-10-22(30-2)23-18(12-26-29(23)16-19)9-8-17-11-25-28(14-17)21-6-4-3-5-7-21/h3-7,10-16H,1-2H3. The molecule has 0 atom stereocenters. The van der Waals surface area contributed by atoms with Crippen LogP contribution in [0.2, 0.25) is 0 Å². The molecule has 0 N–H and O–H groups in total. The van der Waals surface area contributed by atoms with Gasteiger partial charge in [-0.3, -0.25) is 4.68 Å². The Kier molecular flexibility index (Phi) is 4.30. The second-order valence-corrected chi connectivity index (χ2v) is 6.81. The summed E-state index contributed by atoms with van der Waals surface area (Å²) >= 11 is 0. The van der Waals surface area contributed by atoms with Crippen molar-refractivity contribution in [1.29, 1.82) is 0 Å². The zero-order chi connectivity index (χ0) is 20.5. The van der Waals surface area contributed by atoms with Crippen molar-refractivity contribution >= 4 is 5.52 Å². The van der Waals surface area contributed by atoms with Gasteiger partial charge in [0.1, 0.15) is 11.3 Å². The summed E-state index contributed by atoms with van der Waals surface area (Å²) in [5.41, 5.74) is 5.40. The Bertz CT molecular complexity index is 1400. The predicted octanol–water partition coefficient (Wildman–Crippen LogP) is 3.33. The third kappa shape index (κ3) is 3.20. The molecule has 0 fully saturated rings. The van der Waals surface area contributed by atoms with Gasteiger partial charge in [-0.25, -0.2) is 9.20 Å². The number of benzene rings is 1. The molecule has 7 nitrogen and oxygen atoms in total. The van der Waals surface area contributed by atoms with Crippen LogP contribution in [0.3, 0.4) is 0 Å². The zero-order valence-corrected chi connectivity index (χ0v) is 16.5. The van der Waals surface area contributed by atoms with Crippen LogP contribution in [0, 0.1) is 11.8 Å². The quantitative estimate of drug-likeness (QED) is 0.441. The molecule has 0 saturated heterocycles. The lowest BCUT2D eigenvalue weighted by Crippen LogP contribution is -1.94. The Morgan fingerprint density at radius 3 is 2.50 bits per heavy atom. The maximum atomic E-state index is 5.64. The van der Waals surface area contributed by atoms with Crippen LogP contribution in [-0.2, 0) is 7.05 Å². The Hall–Kier alpha value is -4.31. The van der Waals surface area contributed by atoms with E-state index in [1.165, 1.54) is 0 Å². The van der Waals surface area contributed by atoms with Crippen molar-refractivity contribution in [1.82, 2.24) is 29.2 Å². The summed E-state index contributed by atoms with van der Waals surface area (Å²) in [6.07, 6.45) is 11.1. The average Bonchev–Trinajstić information content (AvgIpc) is 3.52. The molecule has 4 heterocycles. The van der Waals surface area contributed by atoms with Crippen molar-refractivity contribution < 1.29 is 4.74 Å². The largest absolute Gasteiger partial charge is 0.494 e. The Balaban J connectivity index is 1.51. The van der Waals surface area contributed by atoms with Crippen LogP contribution in [0.1, 0.15) is 11.1 Å². The van der Waals surface area contributed by atoms with Crippen molar-refractivity contribution in [2.45, 2.75) is 0 Å². The summed E-state index contributed by atoms with van der Waals surface area (Å²) in [6.45, 7) is 0. The Morgan fingerprint density at radius 1 is 0.867 bits per heavy atom. The molecule has 5 rings (SSSR count). The van der Waals surface area contributed by atoms with Gasteiger partial charge in [0.25, 0.3) is 0 Å². The molecule has 0 aliphatic carbocycles. The minimum Gasteiger partial charge on any atom is -0.494 e. The van der Waals surface area contributed by atoms with Gasteiger partial charge in [-0.05, 0) is 18.2 Å². The minimum absolute atomic E-state index is 0.707. The maximum absolute atomic E-state index is 5.64. The third-order valence-corrected chi connectivity index (χ3v) is 4.78. The van der Waals surface area contributed by atoms with Crippen LogP contribution in [0.25, 0.3) is 22.3 Å². The van der Waals surface area contributed by atoms with Gasteiger partial charge in [-0.1, -0.05) is 30.0 Å². The Labute approximate surface area is 173 Å². The van der Waals surface area contributed by atoms with Crippen LogP contribution in [0.4, 0.5) is 0 Å². The number of methoxy groups -OCH3 is 1. The van der Waals surface area contributed by atoms with Gasteiger partial charge >= 0.3 is 0 Å². The average molecular weight is 394 g/mol. The van der Waals surface area contributed by atoms with E-state index >= 15 is 0 Å². The van der Waals surface area contributed by atoms with Gasteiger partial charge in [0.15, 0.2) is 0 Å². The van der Waals surface area contributed by atoms with Gasteiger partial charge in [-0.15, -0.1) is 0 Å². The molecule has 0 aliphatic heterocycles. The van der Waals surface area contributed by atoms with Crippen LogP contribution < -0.4 is 4.74 Å². The Morgan fingerprint density at radius 2 is 1.73 bits per heavy atom. The molecule has 1 aromatic carbocycles. The van der Waals surface area contributed by atoms with Crippen molar-refractivity contribution in [2.75, 3.05) is 7.11 Å². The highest BCUT2D eigenvalue weighted by Gasteiger charge is 2.12. The summed E-state index contributed by atoms with van der Waals surface area (Å²) < 4.78 is 11.0. The van der Waals surface area contributed by atoms with E-state index in [0.717, 1.165) is 33.5 Å². The summed E-state index contributed by atoms with van der Waals surface area (Å²) in [5, 5.41) is 13.1. The monoisotopic (exact) mass is 394 g/mol. The lowest BCUT2D eigenvalue weighted by Gasteiger charge is -2.06.